The molecule has 2 aliphatic rings. The molecule has 366 valence electrons. The van der Waals surface area contributed by atoms with Crippen molar-refractivity contribution < 1.29 is 53.1 Å². The van der Waals surface area contributed by atoms with E-state index in [0.717, 1.165) is 41.1 Å². The van der Waals surface area contributed by atoms with Gasteiger partial charge in [0.15, 0.2) is 5.71 Å². The lowest BCUT2D eigenvalue weighted by Crippen LogP contribution is -2.34. The number of amides is 2. The van der Waals surface area contributed by atoms with Crippen LogP contribution in [0.25, 0.3) is 10.4 Å². The first-order valence-electron chi connectivity index (χ1n) is 22.1. The molecule has 0 radical (unpaired) electrons. The summed E-state index contributed by atoms with van der Waals surface area (Å²) < 4.78 is 101. The molecule has 0 saturated heterocycles. The smallest absolute Gasteiger partial charge is 0.294 e. The van der Waals surface area contributed by atoms with Crippen LogP contribution in [-0.2, 0) is 52.5 Å². The monoisotopic (exact) mass is 995 g/mol. The lowest BCUT2D eigenvalue weighted by molar-refractivity contribution is -0.437. The van der Waals surface area contributed by atoms with Crippen molar-refractivity contribution in [3.05, 3.63) is 129 Å². The van der Waals surface area contributed by atoms with Crippen LogP contribution in [0.3, 0.4) is 0 Å². The van der Waals surface area contributed by atoms with Gasteiger partial charge in [0.05, 0.1) is 33.9 Å². The molecule has 0 spiro atoms. The number of anilines is 1. The zero-order valence-corrected chi connectivity index (χ0v) is 40.9. The quantitative estimate of drug-likeness (QED) is 0.0120. The van der Waals surface area contributed by atoms with Gasteiger partial charge in [-0.2, -0.15) is 29.8 Å². The number of nitrogens with zero attached hydrogens (tertiary/aromatic N) is 6. The van der Waals surface area contributed by atoms with E-state index in [1.807, 2.05) is 61.8 Å². The molecule has 19 nitrogen and oxygen atoms in total. The third-order valence-corrected chi connectivity index (χ3v) is 14.5. The number of pyridine rings is 1. The summed E-state index contributed by atoms with van der Waals surface area (Å²) in [5, 5.41) is 9.02. The number of rotatable bonds is 24. The number of unbranched alkanes of at least 4 members (excludes halogenated alkanes) is 2. The first kappa shape index (κ1) is 53.2. The second kappa shape index (κ2) is 22.6. The Morgan fingerprint density at radius 1 is 0.853 bits per heavy atom. The molecule has 5 N–H and O–H groups in total. The number of carbonyl (C=O) groups is 2. The molecular formula is C46H59N8O11S3+. The number of allylic oxidation sites excluding steroid dienone is 6. The number of carbonyl (C=O) groups excluding carboxylic acids is 2. The Morgan fingerprint density at radius 3 is 2.25 bits per heavy atom. The minimum atomic E-state index is -4.51. The average molecular weight is 996 g/mol. The maximum atomic E-state index is 12.7. The number of benzene rings is 2. The van der Waals surface area contributed by atoms with Crippen molar-refractivity contribution in [1.82, 2.24) is 15.6 Å². The number of aryl methyl sites for hydroxylation is 1. The third-order valence-electron chi connectivity index (χ3n) is 12.0. The van der Waals surface area contributed by atoms with E-state index >= 15 is 0 Å². The van der Waals surface area contributed by atoms with E-state index in [4.69, 9.17) is 5.53 Å². The molecule has 5 rings (SSSR count). The Bertz CT molecular complexity index is 2890. The van der Waals surface area contributed by atoms with Crippen LogP contribution in [0.2, 0.25) is 0 Å². The number of fused-ring (bicyclic) bond motifs is 2. The molecule has 3 aromatic rings. The first-order chi connectivity index (χ1) is 31.9. The summed E-state index contributed by atoms with van der Waals surface area (Å²) in [7, 11) is -13.0. The molecule has 2 amide bonds. The van der Waals surface area contributed by atoms with Crippen molar-refractivity contribution in [3.8, 4) is 0 Å². The van der Waals surface area contributed by atoms with E-state index in [-0.39, 0.29) is 62.2 Å². The average Bonchev–Trinajstić information content (AvgIpc) is 3.61. The Labute approximate surface area is 398 Å². The van der Waals surface area contributed by atoms with Crippen LogP contribution in [0.4, 0.5) is 11.4 Å². The van der Waals surface area contributed by atoms with Gasteiger partial charge < -0.3 is 15.5 Å². The highest BCUT2D eigenvalue weighted by atomic mass is 32.2. The minimum absolute atomic E-state index is 0.0769. The summed E-state index contributed by atoms with van der Waals surface area (Å²) in [5.41, 5.74) is 13.9. The Kier molecular flexibility index (Phi) is 17.7. The summed E-state index contributed by atoms with van der Waals surface area (Å²) in [6, 6.07) is 13.5. The predicted octanol–water partition coefficient (Wildman–Crippen LogP) is 6.65. The van der Waals surface area contributed by atoms with Crippen LogP contribution >= 0.6 is 0 Å². The van der Waals surface area contributed by atoms with Gasteiger partial charge in [-0.1, -0.05) is 53.9 Å². The molecule has 0 aliphatic carbocycles. The van der Waals surface area contributed by atoms with Gasteiger partial charge in [0.25, 0.3) is 36.3 Å². The van der Waals surface area contributed by atoms with Crippen LogP contribution in [0.15, 0.2) is 101 Å². The van der Waals surface area contributed by atoms with Crippen LogP contribution in [0.5, 0.6) is 0 Å². The van der Waals surface area contributed by atoms with Crippen molar-refractivity contribution in [2.24, 2.45) is 5.11 Å². The van der Waals surface area contributed by atoms with Crippen LogP contribution in [-0.4, -0.2) is 104 Å². The van der Waals surface area contributed by atoms with E-state index in [2.05, 4.69) is 43.5 Å². The van der Waals surface area contributed by atoms with E-state index in [9.17, 15) is 48.5 Å². The number of azide groups is 1. The molecule has 3 heterocycles. The number of nitrogens with one attached hydrogen (secondary N) is 2. The summed E-state index contributed by atoms with van der Waals surface area (Å²) >= 11 is 0. The van der Waals surface area contributed by atoms with Gasteiger partial charge in [-0.15, -0.1) is 0 Å². The molecule has 0 fully saturated rings. The lowest BCUT2D eigenvalue weighted by Gasteiger charge is -2.30. The van der Waals surface area contributed by atoms with Gasteiger partial charge in [0.2, 0.25) is 11.6 Å². The summed E-state index contributed by atoms with van der Waals surface area (Å²) in [5.74, 6) is -1.40. The molecule has 68 heavy (non-hydrogen) atoms. The lowest BCUT2D eigenvalue weighted by atomic mass is 9.76. The van der Waals surface area contributed by atoms with Crippen molar-refractivity contribution in [1.29, 1.82) is 0 Å². The number of aromatic nitrogens is 1. The summed E-state index contributed by atoms with van der Waals surface area (Å²) in [4.78, 5) is 33.8. The largest absolute Gasteiger partial charge is 0.354 e. The SMILES string of the molecule is Cc1ccc2c(c1)C(C)(CCCCCC(=O)NCCNC(=O)c1ccc(CN=[N+]=[N-])nc1)C(=CC=CC=CC1=[N+](CCCS(=O)(=O)O)c3ccc(S(=O)(=O)O)cc3C1(C)C)N2CCCS(=O)(=O)O. The Hall–Kier alpha value is -5.74. The zero-order valence-electron chi connectivity index (χ0n) is 38.5. The molecule has 22 heteroatoms. The van der Waals surface area contributed by atoms with Gasteiger partial charge in [-0.3, -0.25) is 28.2 Å². The van der Waals surface area contributed by atoms with Crippen molar-refractivity contribution in [2.75, 3.05) is 42.6 Å². The van der Waals surface area contributed by atoms with Crippen LogP contribution in [0, 0.1) is 6.92 Å². The van der Waals surface area contributed by atoms with E-state index in [0.29, 0.717) is 41.9 Å². The van der Waals surface area contributed by atoms with Crippen LogP contribution < -0.4 is 15.5 Å². The van der Waals surface area contributed by atoms with Gasteiger partial charge in [0, 0.05) is 83.8 Å². The number of hydrogen-bond acceptors (Lipinski definition) is 11. The minimum Gasteiger partial charge on any atom is -0.354 e. The highest BCUT2D eigenvalue weighted by Gasteiger charge is 2.45. The Morgan fingerprint density at radius 2 is 1.57 bits per heavy atom. The first-order valence-corrected chi connectivity index (χ1v) is 26.7. The van der Waals surface area contributed by atoms with Crippen molar-refractivity contribution in [2.45, 2.75) is 94.9 Å². The normalized spacial score (nSPS) is 17.5. The predicted molar refractivity (Wildman–Crippen MR) is 259 cm³/mol. The van der Waals surface area contributed by atoms with E-state index in [1.165, 1.54) is 18.3 Å². The van der Waals surface area contributed by atoms with Gasteiger partial charge >= 0.3 is 0 Å². The molecule has 1 unspecified atom stereocenters. The second-order valence-corrected chi connectivity index (χ2v) is 22.1. The topological polar surface area (TPSA) is 289 Å². The highest BCUT2D eigenvalue weighted by Crippen LogP contribution is 2.51. The van der Waals surface area contributed by atoms with Gasteiger partial charge in [-0.05, 0) is 94.5 Å². The highest BCUT2D eigenvalue weighted by molar-refractivity contribution is 7.86. The molecule has 2 aliphatic heterocycles. The molecule has 0 saturated carbocycles. The standard InChI is InChI=1S/C46H58N8O11S3/c1-33-16-20-40-38(29-33)46(4,22-10-6-9-15-43(55)48-23-24-49-44(56)34-17-18-35(50-31-34)32-51-52-47)42(54(40)26-12-28-67(60,61)62)14-8-5-7-13-41-45(2,3)37-30-36(68(63,64)65)19-21-39(37)53(41)25-11-27-66(57,58)59/h5,7-8,13-14,16-21,29-31H,6,9-12,15,22-28,32H2,1-4H3,(H4-,48,49,55,56,57,58,59,60,61,62,63,64,65)/p+1. The third kappa shape index (κ3) is 14.2. The summed E-state index contributed by atoms with van der Waals surface area (Å²) in [6.45, 7) is 8.93. The fourth-order valence-corrected chi connectivity index (χ4v) is 10.2. The van der Waals surface area contributed by atoms with Crippen molar-refractivity contribution >= 4 is 59.3 Å². The van der Waals surface area contributed by atoms with Crippen molar-refractivity contribution in [3.63, 3.8) is 0 Å². The maximum Gasteiger partial charge on any atom is 0.294 e. The fourth-order valence-electron chi connectivity index (χ4n) is 8.66. The molecule has 1 atom stereocenters. The fraction of sp³-hybridized carbons (Fsp3) is 0.435. The summed E-state index contributed by atoms with van der Waals surface area (Å²) in [6.07, 6.45) is 14.0. The van der Waals surface area contributed by atoms with Crippen LogP contribution in [0.1, 0.15) is 98.5 Å². The second-order valence-electron chi connectivity index (χ2n) is 17.5. The van der Waals surface area contributed by atoms with E-state index in [1.54, 1.807) is 24.3 Å². The molecule has 1 aromatic heterocycles. The molecule has 0 bridgehead atoms. The zero-order chi connectivity index (χ0) is 49.9. The Balaban J connectivity index is 1.30. The number of hydrogen-bond donors (Lipinski definition) is 5. The molecular weight excluding hydrogens is 937 g/mol. The maximum absolute atomic E-state index is 12.7. The molecule has 2 aromatic carbocycles. The van der Waals surface area contributed by atoms with Gasteiger partial charge in [-0.25, -0.2) is 0 Å². The van der Waals surface area contributed by atoms with Gasteiger partial charge in [0.1, 0.15) is 6.54 Å². The van der Waals surface area contributed by atoms with E-state index < -0.39 is 52.7 Å².